The van der Waals surface area contributed by atoms with E-state index in [-0.39, 0.29) is 6.10 Å². The van der Waals surface area contributed by atoms with Gasteiger partial charge >= 0.3 is 5.97 Å². The molecular weight excluding hydrogens is 414 g/mol. The Balaban J connectivity index is 1.44. The first kappa shape index (κ1) is 23.1. The Bertz CT molecular complexity index is 991. The Kier molecular flexibility index (Phi) is 7.16. The van der Waals surface area contributed by atoms with E-state index in [9.17, 15) is 9.90 Å². The molecule has 1 saturated heterocycles. The van der Waals surface area contributed by atoms with Gasteiger partial charge in [0, 0.05) is 25.2 Å². The summed E-state index contributed by atoms with van der Waals surface area (Å²) in [4.78, 5) is 21.6. The fourth-order valence-electron chi connectivity index (χ4n) is 4.80. The van der Waals surface area contributed by atoms with E-state index in [2.05, 4.69) is 17.0 Å². The zero-order valence-corrected chi connectivity index (χ0v) is 19.1. The summed E-state index contributed by atoms with van der Waals surface area (Å²) >= 11 is 0. The lowest BCUT2D eigenvalue weighted by Gasteiger charge is -2.41. The number of likely N-dealkylation sites (N-methyl/N-ethyl adjacent to an activating group) is 1. The molecule has 0 spiro atoms. The second-order valence-corrected chi connectivity index (χ2v) is 9.21. The van der Waals surface area contributed by atoms with Gasteiger partial charge in [0.15, 0.2) is 6.10 Å². The quantitative estimate of drug-likeness (QED) is 0.424. The van der Waals surface area contributed by atoms with Gasteiger partial charge < -0.3 is 14.3 Å². The standard InChI is InChI=1S/C27H32N3O3/c1-30(16-8-10-22-18-28-21-29-19-22)17-9-15-25(20-30)33-26(31)27(32,23-11-4-2-5-12-23)24-13-6-3-7-14-24/h2-7,11-14,18-19,21,25,32H,8-10,15-17,20H2,1H3/q+1. The van der Waals surface area contributed by atoms with Crippen molar-refractivity contribution in [2.75, 3.05) is 26.7 Å². The molecule has 0 amide bonds. The maximum Gasteiger partial charge on any atom is 0.348 e. The van der Waals surface area contributed by atoms with Gasteiger partial charge in [-0.3, -0.25) is 0 Å². The maximum absolute atomic E-state index is 13.5. The average Bonchev–Trinajstić information content (AvgIpc) is 2.85. The van der Waals surface area contributed by atoms with Gasteiger partial charge in [0.25, 0.3) is 0 Å². The van der Waals surface area contributed by atoms with Crippen LogP contribution >= 0.6 is 0 Å². The number of aromatic nitrogens is 2. The van der Waals surface area contributed by atoms with Crippen LogP contribution in [0.4, 0.5) is 0 Å². The van der Waals surface area contributed by atoms with Crippen molar-refractivity contribution in [2.45, 2.75) is 37.4 Å². The summed E-state index contributed by atoms with van der Waals surface area (Å²) in [6, 6.07) is 18.1. The normalized spacial score (nSPS) is 20.8. The third-order valence-electron chi connectivity index (χ3n) is 6.60. The van der Waals surface area contributed by atoms with E-state index in [1.54, 1.807) is 30.6 Å². The smallest absolute Gasteiger partial charge is 0.348 e. The number of hydrogen-bond donors (Lipinski definition) is 1. The van der Waals surface area contributed by atoms with E-state index in [4.69, 9.17) is 4.74 Å². The molecule has 0 saturated carbocycles. The molecule has 0 radical (unpaired) electrons. The average molecular weight is 447 g/mol. The second kappa shape index (κ2) is 10.2. The van der Waals surface area contributed by atoms with Crippen molar-refractivity contribution in [3.63, 3.8) is 0 Å². The third kappa shape index (κ3) is 5.46. The third-order valence-corrected chi connectivity index (χ3v) is 6.60. The Morgan fingerprint density at radius 2 is 1.67 bits per heavy atom. The van der Waals surface area contributed by atoms with E-state index < -0.39 is 11.6 Å². The molecule has 0 bridgehead atoms. The SMILES string of the molecule is C[N+]1(CCCc2cncnc2)CCCC(OC(=O)C(O)(c2ccccc2)c2ccccc2)C1. The predicted octanol–water partition coefficient (Wildman–Crippen LogP) is 3.50. The fraction of sp³-hybridized carbons (Fsp3) is 0.370. The van der Waals surface area contributed by atoms with Gasteiger partial charge in [-0.05, 0) is 29.5 Å². The van der Waals surface area contributed by atoms with Crippen molar-refractivity contribution >= 4 is 5.97 Å². The van der Waals surface area contributed by atoms with E-state index >= 15 is 0 Å². The molecule has 2 aromatic carbocycles. The minimum atomic E-state index is -1.84. The van der Waals surface area contributed by atoms with Crippen LogP contribution in [0.2, 0.25) is 0 Å². The molecule has 172 valence electrons. The molecule has 33 heavy (non-hydrogen) atoms. The maximum atomic E-state index is 13.5. The molecule has 0 aliphatic carbocycles. The molecule has 1 aliphatic heterocycles. The van der Waals surface area contributed by atoms with Gasteiger partial charge in [-0.15, -0.1) is 0 Å². The van der Waals surface area contributed by atoms with Crippen LogP contribution in [0.25, 0.3) is 0 Å². The lowest BCUT2D eigenvalue weighted by Crippen LogP contribution is -2.55. The van der Waals surface area contributed by atoms with Crippen LogP contribution in [0.5, 0.6) is 0 Å². The molecule has 6 heteroatoms. The summed E-state index contributed by atoms with van der Waals surface area (Å²) in [5, 5.41) is 11.7. The van der Waals surface area contributed by atoms with Crippen LogP contribution in [-0.4, -0.2) is 58.3 Å². The Morgan fingerprint density at radius 3 is 2.27 bits per heavy atom. The van der Waals surface area contributed by atoms with Crippen LogP contribution in [-0.2, 0) is 21.6 Å². The molecule has 1 N–H and O–H groups in total. The number of carbonyl (C=O) groups is 1. The predicted molar refractivity (Wildman–Crippen MR) is 126 cm³/mol. The summed E-state index contributed by atoms with van der Waals surface area (Å²) < 4.78 is 6.85. The van der Waals surface area contributed by atoms with Gasteiger partial charge in [0.2, 0.25) is 5.60 Å². The lowest BCUT2D eigenvalue weighted by molar-refractivity contribution is -0.917. The van der Waals surface area contributed by atoms with Crippen molar-refractivity contribution in [3.8, 4) is 0 Å². The first-order chi connectivity index (χ1) is 16.0. The van der Waals surface area contributed by atoms with E-state index in [0.29, 0.717) is 11.1 Å². The van der Waals surface area contributed by atoms with Gasteiger partial charge in [-0.2, -0.15) is 0 Å². The Morgan fingerprint density at radius 1 is 1.06 bits per heavy atom. The second-order valence-electron chi connectivity index (χ2n) is 9.21. The van der Waals surface area contributed by atoms with E-state index in [0.717, 1.165) is 55.4 Å². The minimum absolute atomic E-state index is 0.227. The number of benzene rings is 2. The molecule has 2 heterocycles. The Hall–Kier alpha value is -3.09. The van der Waals surface area contributed by atoms with E-state index in [1.165, 1.54) is 0 Å². The number of carbonyl (C=O) groups excluding carboxylic acids is 1. The molecule has 2 unspecified atom stereocenters. The highest BCUT2D eigenvalue weighted by molar-refractivity contribution is 5.85. The van der Waals surface area contributed by atoms with Gasteiger partial charge in [0.1, 0.15) is 12.9 Å². The van der Waals surface area contributed by atoms with Crippen molar-refractivity contribution in [1.29, 1.82) is 0 Å². The van der Waals surface area contributed by atoms with Crippen LogP contribution in [0.1, 0.15) is 36.0 Å². The number of rotatable bonds is 8. The van der Waals surface area contributed by atoms with Gasteiger partial charge in [-0.1, -0.05) is 60.7 Å². The fourth-order valence-corrected chi connectivity index (χ4v) is 4.80. The molecule has 4 rings (SSSR count). The van der Waals surface area contributed by atoms with Gasteiger partial charge in [0.05, 0.1) is 20.1 Å². The van der Waals surface area contributed by atoms with Crippen molar-refractivity contribution < 1.29 is 19.1 Å². The molecule has 2 atom stereocenters. The zero-order valence-electron chi connectivity index (χ0n) is 19.1. The molecule has 1 aromatic heterocycles. The number of nitrogens with zero attached hydrogens (tertiary/aromatic N) is 3. The lowest BCUT2D eigenvalue weighted by atomic mass is 9.86. The number of quaternary nitrogens is 1. The monoisotopic (exact) mass is 446 g/mol. The number of hydrogen-bond acceptors (Lipinski definition) is 5. The Labute approximate surface area is 195 Å². The number of esters is 1. The number of likely N-dealkylation sites (tertiary alicyclic amines) is 1. The van der Waals surface area contributed by atoms with Crippen molar-refractivity contribution in [1.82, 2.24) is 9.97 Å². The number of piperidine rings is 1. The van der Waals surface area contributed by atoms with Crippen LogP contribution < -0.4 is 0 Å². The van der Waals surface area contributed by atoms with Crippen molar-refractivity contribution in [3.05, 3.63) is 96.1 Å². The largest absolute Gasteiger partial charge is 0.454 e. The van der Waals surface area contributed by atoms with E-state index in [1.807, 2.05) is 48.8 Å². The summed E-state index contributed by atoms with van der Waals surface area (Å²) in [6.07, 6.45) is 8.79. The van der Waals surface area contributed by atoms with Crippen LogP contribution in [0.15, 0.2) is 79.4 Å². The highest BCUT2D eigenvalue weighted by Gasteiger charge is 2.44. The summed E-state index contributed by atoms with van der Waals surface area (Å²) in [5.41, 5.74) is 0.329. The first-order valence-electron chi connectivity index (χ1n) is 11.6. The van der Waals surface area contributed by atoms with Crippen LogP contribution in [0.3, 0.4) is 0 Å². The number of aliphatic hydroxyl groups is 1. The van der Waals surface area contributed by atoms with Crippen molar-refractivity contribution in [2.24, 2.45) is 0 Å². The molecular formula is C27H32N3O3+. The number of aryl methyl sites for hydroxylation is 1. The molecule has 1 aliphatic rings. The minimum Gasteiger partial charge on any atom is -0.454 e. The topological polar surface area (TPSA) is 72.3 Å². The van der Waals surface area contributed by atoms with Crippen LogP contribution in [0, 0.1) is 0 Å². The summed E-state index contributed by atoms with van der Waals surface area (Å²) in [6.45, 7) is 2.79. The highest BCUT2D eigenvalue weighted by Crippen LogP contribution is 2.32. The molecule has 1 fully saturated rings. The molecule has 6 nitrogen and oxygen atoms in total. The zero-order chi connectivity index (χ0) is 23.2. The summed E-state index contributed by atoms with van der Waals surface area (Å²) in [5.74, 6) is -0.611. The molecule has 3 aromatic rings. The number of ether oxygens (including phenoxy) is 1. The first-order valence-corrected chi connectivity index (χ1v) is 11.6. The highest BCUT2D eigenvalue weighted by atomic mass is 16.6. The summed E-state index contributed by atoms with van der Waals surface area (Å²) in [7, 11) is 2.22. The van der Waals surface area contributed by atoms with Gasteiger partial charge in [-0.25, -0.2) is 14.8 Å².